The largest absolute Gasteiger partial charge is 0.489 e. The van der Waals surface area contributed by atoms with Gasteiger partial charge in [0.2, 0.25) is 11.0 Å². The number of rotatable bonds is 3. The van der Waals surface area contributed by atoms with Gasteiger partial charge in [0.05, 0.1) is 7.11 Å². The molecule has 1 heterocycles. The first kappa shape index (κ1) is 14.1. The summed E-state index contributed by atoms with van der Waals surface area (Å²) < 4.78 is 6.05. The van der Waals surface area contributed by atoms with Gasteiger partial charge in [-0.2, -0.15) is 0 Å². The first-order valence-electron chi connectivity index (χ1n) is 5.71. The normalized spacial score (nSPS) is 10.2. The Bertz CT molecular complexity index is 698. The van der Waals surface area contributed by atoms with E-state index < -0.39 is 11.5 Å². The first-order chi connectivity index (χ1) is 9.54. The summed E-state index contributed by atoms with van der Waals surface area (Å²) in [6, 6.07) is 8.80. The van der Waals surface area contributed by atoms with Gasteiger partial charge in [0.25, 0.3) is 11.5 Å². The van der Waals surface area contributed by atoms with Crippen molar-refractivity contribution in [2.45, 2.75) is 0 Å². The Morgan fingerprint density at radius 3 is 2.60 bits per heavy atom. The fraction of sp³-hybridized carbons (Fsp3) is 0.154. The number of anilines is 1. The third-order valence-electron chi connectivity index (χ3n) is 2.65. The molecule has 1 aromatic carbocycles. The van der Waals surface area contributed by atoms with Gasteiger partial charge in [0, 0.05) is 12.7 Å². The summed E-state index contributed by atoms with van der Waals surface area (Å²) in [5, 5.41) is 2.53. The molecule has 7 heteroatoms. The summed E-state index contributed by atoms with van der Waals surface area (Å²) in [4.78, 5) is 28.0. The maximum Gasteiger partial charge on any atom is 0.297 e. The van der Waals surface area contributed by atoms with Gasteiger partial charge in [0.15, 0.2) is 5.69 Å². The number of halogens is 1. The van der Waals surface area contributed by atoms with Crippen LogP contribution in [0.5, 0.6) is 5.75 Å². The summed E-state index contributed by atoms with van der Waals surface area (Å²) in [5.41, 5.74) is -0.0895. The zero-order valence-electron chi connectivity index (χ0n) is 10.9. The number of aromatic nitrogens is 2. The third kappa shape index (κ3) is 2.65. The molecular formula is C13H12ClN3O3. The lowest BCUT2D eigenvalue weighted by molar-refractivity contribution is 0.101. The average Bonchev–Trinajstić information content (AvgIpc) is 2.45. The molecule has 0 spiro atoms. The van der Waals surface area contributed by atoms with Crippen molar-refractivity contribution in [2.75, 3.05) is 12.4 Å². The standard InChI is InChI=1S/C13H12ClN3O3/c1-17-12(19)10(20-2)9(16-13(17)14)11(18)15-8-6-4-3-5-7-8/h3-7H,1-2H3,(H,15,18). The number of para-hydroxylation sites is 1. The Kier molecular flexibility index (Phi) is 4.05. The Morgan fingerprint density at radius 1 is 1.35 bits per heavy atom. The lowest BCUT2D eigenvalue weighted by Crippen LogP contribution is -2.26. The lowest BCUT2D eigenvalue weighted by Gasteiger charge is -2.10. The second-order valence-corrected chi connectivity index (χ2v) is 4.29. The Morgan fingerprint density at radius 2 is 2.00 bits per heavy atom. The van der Waals surface area contributed by atoms with E-state index in [1.165, 1.54) is 14.2 Å². The van der Waals surface area contributed by atoms with Gasteiger partial charge in [0.1, 0.15) is 0 Å². The van der Waals surface area contributed by atoms with Crippen molar-refractivity contribution < 1.29 is 9.53 Å². The number of nitrogens with zero attached hydrogens (tertiary/aromatic N) is 2. The van der Waals surface area contributed by atoms with Crippen LogP contribution in [0.4, 0.5) is 5.69 Å². The molecule has 0 bridgehead atoms. The fourth-order valence-corrected chi connectivity index (χ4v) is 1.77. The zero-order chi connectivity index (χ0) is 14.7. The molecule has 0 atom stereocenters. The van der Waals surface area contributed by atoms with E-state index in [4.69, 9.17) is 16.3 Å². The monoisotopic (exact) mass is 293 g/mol. The van der Waals surface area contributed by atoms with Crippen LogP contribution in [-0.4, -0.2) is 22.6 Å². The molecule has 0 saturated heterocycles. The van der Waals surface area contributed by atoms with Crippen molar-refractivity contribution in [3.8, 4) is 5.75 Å². The topological polar surface area (TPSA) is 73.2 Å². The highest BCUT2D eigenvalue weighted by Gasteiger charge is 2.20. The van der Waals surface area contributed by atoms with Crippen LogP contribution in [0.3, 0.4) is 0 Å². The summed E-state index contributed by atoms with van der Waals surface area (Å²) >= 11 is 5.81. The summed E-state index contributed by atoms with van der Waals surface area (Å²) in [5.74, 6) is -0.710. The van der Waals surface area contributed by atoms with E-state index in [1.807, 2.05) is 6.07 Å². The number of amides is 1. The number of benzene rings is 1. The Hall–Kier alpha value is -2.34. The van der Waals surface area contributed by atoms with Crippen LogP contribution >= 0.6 is 11.6 Å². The predicted molar refractivity (Wildman–Crippen MR) is 75.4 cm³/mol. The molecule has 0 aliphatic heterocycles. The highest BCUT2D eigenvalue weighted by Crippen LogP contribution is 2.15. The van der Waals surface area contributed by atoms with Gasteiger partial charge in [-0.1, -0.05) is 18.2 Å². The van der Waals surface area contributed by atoms with Crippen molar-refractivity contribution in [1.82, 2.24) is 9.55 Å². The molecule has 6 nitrogen and oxygen atoms in total. The number of carbonyl (C=O) groups is 1. The molecule has 0 fully saturated rings. The Labute approximate surface area is 120 Å². The highest BCUT2D eigenvalue weighted by atomic mass is 35.5. The van der Waals surface area contributed by atoms with E-state index >= 15 is 0 Å². The van der Waals surface area contributed by atoms with Crippen molar-refractivity contribution in [3.63, 3.8) is 0 Å². The molecule has 104 valence electrons. The van der Waals surface area contributed by atoms with Gasteiger partial charge < -0.3 is 10.1 Å². The maximum absolute atomic E-state index is 12.1. The third-order valence-corrected chi connectivity index (χ3v) is 2.98. The van der Waals surface area contributed by atoms with Crippen LogP contribution in [0.1, 0.15) is 10.5 Å². The van der Waals surface area contributed by atoms with Gasteiger partial charge in [-0.05, 0) is 23.7 Å². The van der Waals surface area contributed by atoms with E-state index in [0.29, 0.717) is 5.69 Å². The number of methoxy groups -OCH3 is 1. The van der Waals surface area contributed by atoms with E-state index in [-0.39, 0.29) is 16.7 Å². The summed E-state index contributed by atoms with van der Waals surface area (Å²) in [6.07, 6.45) is 0. The van der Waals surface area contributed by atoms with E-state index in [2.05, 4.69) is 10.3 Å². The SMILES string of the molecule is COc1c(C(=O)Nc2ccccc2)nc(Cl)n(C)c1=O. The Balaban J connectivity index is 2.42. The average molecular weight is 294 g/mol. The number of carbonyl (C=O) groups excluding carboxylic acids is 1. The molecule has 2 rings (SSSR count). The molecule has 1 N–H and O–H groups in total. The second-order valence-electron chi connectivity index (χ2n) is 3.95. The number of nitrogens with one attached hydrogen (secondary N) is 1. The minimum absolute atomic E-state index is 0.0889. The summed E-state index contributed by atoms with van der Waals surface area (Å²) in [6.45, 7) is 0. The van der Waals surface area contributed by atoms with Crippen LogP contribution in [0.15, 0.2) is 35.1 Å². The lowest BCUT2D eigenvalue weighted by atomic mass is 10.3. The minimum atomic E-state index is -0.562. The molecule has 1 amide bonds. The zero-order valence-corrected chi connectivity index (χ0v) is 11.6. The van der Waals surface area contributed by atoms with Crippen LogP contribution < -0.4 is 15.6 Å². The van der Waals surface area contributed by atoms with Gasteiger partial charge in [-0.25, -0.2) is 4.98 Å². The highest BCUT2D eigenvalue weighted by molar-refractivity contribution is 6.28. The number of ether oxygens (including phenoxy) is 1. The molecule has 0 aliphatic carbocycles. The minimum Gasteiger partial charge on any atom is -0.489 e. The molecule has 1 aromatic heterocycles. The van der Waals surface area contributed by atoms with Crippen LogP contribution in [0.25, 0.3) is 0 Å². The molecule has 2 aromatic rings. The van der Waals surface area contributed by atoms with E-state index in [9.17, 15) is 9.59 Å². The fourth-order valence-electron chi connectivity index (χ4n) is 1.61. The smallest absolute Gasteiger partial charge is 0.297 e. The molecule has 0 unspecified atom stereocenters. The van der Waals surface area contributed by atoms with E-state index in [1.54, 1.807) is 24.3 Å². The molecule has 20 heavy (non-hydrogen) atoms. The van der Waals surface area contributed by atoms with E-state index in [0.717, 1.165) is 4.57 Å². The van der Waals surface area contributed by atoms with Crippen molar-refractivity contribution in [2.24, 2.45) is 7.05 Å². The van der Waals surface area contributed by atoms with Crippen molar-refractivity contribution in [1.29, 1.82) is 0 Å². The predicted octanol–water partition coefficient (Wildman–Crippen LogP) is 1.69. The number of hydrogen-bond acceptors (Lipinski definition) is 4. The molecule has 0 saturated carbocycles. The van der Waals surface area contributed by atoms with Crippen LogP contribution in [0, 0.1) is 0 Å². The van der Waals surface area contributed by atoms with Gasteiger partial charge >= 0.3 is 0 Å². The van der Waals surface area contributed by atoms with Crippen molar-refractivity contribution in [3.05, 3.63) is 51.7 Å². The van der Waals surface area contributed by atoms with Gasteiger partial charge in [-0.15, -0.1) is 0 Å². The molecular weight excluding hydrogens is 282 g/mol. The maximum atomic E-state index is 12.1. The van der Waals surface area contributed by atoms with Gasteiger partial charge in [-0.3, -0.25) is 14.2 Å². The van der Waals surface area contributed by atoms with Crippen LogP contribution in [-0.2, 0) is 7.05 Å². The second kappa shape index (κ2) is 5.75. The number of hydrogen-bond donors (Lipinski definition) is 1. The first-order valence-corrected chi connectivity index (χ1v) is 6.09. The summed E-state index contributed by atoms with van der Waals surface area (Å²) in [7, 11) is 2.74. The van der Waals surface area contributed by atoms with Crippen LogP contribution in [0.2, 0.25) is 5.28 Å². The molecule has 0 radical (unpaired) electrons. The quantitative estimate of drug-likeness (QED) is 0.874. The molecule has 0 aliphatic rings. The van der Waals surface area contributed by atoms with Crippen molar-refractivity contribution >= 4 is 23.2 Å².